The Kier molecular flexibility index (Phi) is 6.31. The van der Waals surface area contributed by atoms with Gasteiger partial charge in [0.2, 0.25) is 16.0 Å². The maximum absolute atomic E-state index is 12.6. The van der Waals surface area contributed by atoms with Gasteiger partial charge in [0.05, 0.1) is 0 Å². The van der Waals surface area contributed by atoms with Gasteiger partial charge < -0.3 is 10.2 Å². The Labute approximate surface area is 167 Å². The molecule has 150 valence electrons. The smallest absolute Gasteiger partial charge is 0.236 e. The molecule has 3 rings (SSSR count). The van der Waals surface area contributed by atoms with Crippen LogP contribution < -0.4 is 10.2 Å². The molecule has 1 saturated heterocycles. The van der Waals surface area contributed by atoms with E-state index in [9.17, 15) is 8.42 Å². The lowest BCUT2D eigenvalue weighted by Gasteiger charge is -2.33. The summed E-state index contributed by atoms with van der Waals surface area (Å²) in [6.45, 7) is 8.69. The van der Waals surface area contributed by atoms with E-state index in [0.717, 1.165) is 29.2 Å². The molecular weight excluding hydrogens is 374 g/mol. The minimum absolute atomic E-state index is 0.411. The van der Waals surface area contributed by atoms with Crippen LogP contribution in [0.4, 0.5) is 11.8 Å². The van der Waals surface area contributed by atoms with Crippen molar-refractivity contribution >= 4 is 27.9 Å². The fourth-order valence-corrected chi connectivity index (χ4v) is 4.21. The number of sulfonamides is 1. The number of aryl methyl sites for hydroxylation is 2. The van der Waals surface area contributed by atoms with Gasteiger partial charge in [0.1, 0.15) is 5.82 Å². The fraction of sp³-hybridized carbons (Fsp3) is 0.400. The van der Waals surface area contributed by atoms with Crippen molar-refractivity contribution in [3.63, 3.8) is 0 Å². The Bertz CT molecular complexity index is 934. The Morgan fingerprint density at radius 3 is 2.39 bits per heavy atom. The summed E-state index contributed by atoms with van der Waals surface area (Å²) >= 11 is 0. The van der Waals surface area contributed by atoms with Gasteiger partial charge in [-0.2, -0.15) is 9.29 Å². The summed E-state index contributed by atoms with van der Waals surface area (Å²) in [6, 6.07) is 9.67. The number of anilines is 2. The van der Waals surface area contributed by atoms with Gasteiger partial charge in [0, 0.05) is 49.9 Å². The predicted molar refractivity (Wildman–Crippen MR) is 114 cm³/mol. The molecule has 8 heteroatoms. The standard InChI is InChI=1S/C20H27N5O2S/c1-4-21-19-15-17(3)22-20(23-19)24-10-12-25(13-11-24)28(26,27)14-9-18-7-5-16(2)6-8-18/h5-9,14-15H,4,10-13H2,1-3H3,(H,21,22,23)/b14-9+. The largest absolute Gasteiger partial charge is 0.370 e. The molecule has 1 aliphatic heterocycles. The lowest BCUT2D eigenvalue weighted by Crippen LogP contribution is -2.48. The first kappa shape index (κ1) is 20.3. The third-order valence-corrected chi connectivity index (χ3v) is 6.16. The molecule has 1 aromatic carbocycles. The molecule has 0 unspecified atom stereocenters. The zero-order valence-electron chi connectivity index (χ0n) is 16.6. The summed E-state index contributed by atoms with van der Waals surface area (Å²) in [5.74, 6) is 1.43. The Balaban J connectivity index is 1.65. The minimum atomic E-state index is -3.45. The summed E-state index contributed by atoms with van der Waals surface area (Å²) in [4.78, 5) is 11.1. The number of nitrogens with one attached hydrogen (secondary N) is 1. The van der Waals surface area contributed by atoms with Crippen molar-refractivity contribution in [3.8, 4) is 0 Å². The topological polar surface area (TPSA) is 78.4 Å². The molecule has 1 fully saturated rings. The highest BCUT2D eigenvalue weighted by molar-refractivity contribution is 7.92. The van der Waals surface area contributed by atoms with Crippen LogP contribution in [0, 0.1) is 13.8 Å². The molecule has 7 nitrogen and oxygen atoms in total. The third kappa shape index (κ3) is 5.08. The number of nitrogens with zero attached hydrogens (tertiary/aromatic N) is 4. The highest BCUT2D eigenvalue weighted by Gasteiger charge is 2.26. The van der Waals surface area contributed by atoms with Crippen LogP contribution in [0.1, 0.15) is 23.7 Å². The highest BCUT2D eigenvalue weighted by Crippen LogP contribution is 2.18. The molecule has 0 spiro atoms. The van der Waals surface area contributed by atoms with Crippen LogP contribution in [0.15, 0.2) is 35.7 Å². The van der Waals surface area contributed by atoms with Crippen molar-refractivity contribution in [2.24, 2.45) is 0 Å². The average molecular weight is 402 g/mol. The molecule has 0 radical (unpaired) electrons. The summed E-state index contributed by atoms with van der Waals surface area (Å²) in [5.41, 5.74) is 2.90. The zero-order valence-corrected chi connectivity index (χ0v) is 17.4. The fourth-order valence-electron chi connectivity index (χ4n) is 3.04. The number of aromatic nitrogens is 2. The first-order valence-electron chi connectivity index (χ1n) is 9.47. The predicted octanol–water partition coefficient (Wildman–Crippen LogP) is 2.65. The van der Waals surface area contributed by atoms with Crippen LogP contribution in [-0.4, -0.2) is 55.4 Å². The Morgan fingerprint density at radius 1 is 1.07 bits per heavy atom. The minimum Gasteiger partial charge on any atom is -0.370 e. The molecule has 0 saturated carbocycles. The van der Waals surface area contributed by atoms with Gasteiger partial charge in [-0.25, -0.2) is 13.4 Å². The maximum atomic E-state index is 12.6. The van der Waals surface area contributed by atoms with Crippen LogP contribution >= 0.6 is 0 Å². The molecule has 1 N–H and O–H groups in total. The quantitative estimate of drug-likeness (QED) is 0.802. The molecular formula is C20H27N5O2S. The molecule has 0 bridgehead atoms. The molecule has 1 aromatic heterocycles. The monoisotopic (exact) mass is 401 g/mol. The van der Waals surface area contributed by atoms with Gasteiger partial charge in [-0.15, -0.1) is 0 Å². The normalized spacial score (nSPS) is 15.9. The first-order valence-corrected chi connectivity index (χ1v) is 11.0. The molecule has 2 aromatic rings. The molecule has 0 aliphatic carbocycles. The summed E-state index contributed by atoms with van der Waals surface area (Å²) in [5, 5.41) is 4.49. The second-order valence-electron chi connectivity index (χ2n) is 6.87. The van der Waals surface area contributed by atoms with Gasteiger partial charge in [0.25, 0.3) is 0 Å². The van der Waals surface area contributed by atoms with Crippen LogP contribution in [0.5, 0.6) is 0 Å². The SMILES string of the molecule is CCNc1cc(C)nc(N2CCN(S(=O)(=O)/C=C/c3ccc(C)cc3)CC2)n1. The molecule has 28 heavy (non-hydrogen) atoms. The Morgan fingerprint density at radius 2 is 1.75 bits per heavy atom. The lowest BCUT2D eigenvalue weighted by molar-refractivity contribution is 0.387. The summed E-state index contributed by atoms with van der Waals surface area (Å²) in [6.07, 6.45) is 1.65. The van der Waals surface area contributed by atoms with Crippen LogP contribution in [-0.2, 0) is 10.0 Å². The van der Waals surface area contributed by atoms with E-state index in [-0.39, 0.29) is 0 Å². The van der Waals surface area contributed by atoms with Crippen molar-refractivity contribution in [1.82, 2.24) is 14.3 Å². The van der Waals surface area contributed by atoms with Crippen molar-refractivity contribution in [2.75, 3.05) is 42.9 Å². The van der Waals surface area contributed by atoms with E-state index in [2.05, 4.69) is 15.3 Å². The van der Waals surface area contributed by atoms with E-state index in [1.54, 1.807) is 6.08 Å². The van der Waals surface area contributed by atoms with Gasteiger partial charge >= 0.3 is 0 Å². The van der Waals surface area contributed by atoms with Crippen molar-refractivity contribution in [2.45, 2.75) is 20.8 Å². The average Bonchev–Trinajstić information content (AvgIpc) is 2.67. The lowest BCUT2D eigenvalue weighted by atomic mass is 10.2. The van der Waals surface area contributed by atoms with Crippen LogP contribution in [0.2, 0.25) is 0 Å². The van der Waals surface area contributed by atoms with Crippen LogP contribution in [0.25, 0.3) is 6.08 Å². The second-order valence-corrected chi connectivity index (χ2v) is 8.69. The number of benzene rings is 1. The van der Waals surface area contributed by atoms with Gasteiger partial charge in [0.15, 0.2) is 0 Å². The number of rotatable bonds is 6. The molecule has 0 amide bonds. The van der Waals surface area contributed by atoms with Crippen LogP contribution in [0.3, 0.4) is 0 Å². The summed E-state index contributed by atoms with van der Waals surface area (Å²) < 4.78 is 26.8. The van der Waals surface area contributed by atoms with Crippen molar-refractivity contribution < 1.29 is 8.42 Å². The Hall–Kier alpha value is -2.45. The third-order valence-electron chi connectivity index (χ3n) is 4.59. The number of hydrogen-bond donors (Lipinski definition) is 1. The number of hydrogen-bond acceptors (Lipinski definition) is 6. The molecule has 2 heterocycles. The molecule has 1 aliphatic rings. The van der Waals surface area contributed by atoms with E-state index < -0.39 is 10.0 Å². The van der Waals surface area contributed by atoms with Gasteiger partial charge in [-0.1, -0.05) is 29.8 Å². The van der Waals surface area contributed by atoms with E-state index in [1.165, 1.54) is 9.71 Å². The van der Waals surface area contributed by atoms with Crippen molar-refractivity contribution in [3.05, 3.63) is 52.6 Å². The van der Waals surface area contributed by atoms with E-state index in [4.69, 9.17) is 0 Å². The maximum Gasteiger partial charge on any atom is 0.236 e. The van der Waals surface area contributed by atoms with E-state index in [1.807, 2.05) is 56.0 Å². The van der Waals surface area contributed by atoms with Gasteiger partial charge in [-0.3, -0.25) is 0 Å². The van der Waals surface area contributed by atoms with E-state index in [0.29, 0.717) is 32.1 Å². The summed E-state index contributed by atoms with van der Waals surface area (Å²) in [7, 11) is -3.45. The highest BCUT2D eigenvalue weighted by atomic mass is 32.2. The van der Waals surface area contributed by atoms with E-state index >= 15 is 0 Å². The number of piperazine rings is 1. The zero-order chi connectivity index (χ0) is 20.1. The molecule has 0 atom stereocenters. The van der Waals surface area contributed by atoms with Crippen molar-refractivity contribution in [1.29, 1.82) is 0 Å². The second kappa shape index (κ2) is 8.70. The first-order chi connectivity index (χ1) is 13.4. The van der Waals surface area contributed by atoms with Gasteiger partial charge in [-0.05, 0) is 32.4 Å².